The number of carbonyl (C=O) groups excluding carboxylic acids is 1. The second-order valence-corrected chi connectivity index (χ2v) is 6.69. The zero-order valence-electron chi connectivity index (χ0n) is 13.9. The maximum atomic E-state index is 12.1. The molecule has 1 amide bonds. The van der Waals surface area contributed by atoms with E-state index in [1.54, 1.807) is 6.08 Å². The summed E-state index contributed by atoms with van der Waals surface area (Å²) in [6.07, 6.45) is 3.16. The van der Waals surface area contributed by atoms with Gasteiger partial charge >= 0.3 is 0 Å². The van der Waals surface area contributed by atoms with Crippen LogP contribution in [0.15, 0.2) is 48.5 Å². The van der Waals surface area contributed by atoms with Gasteiger partial charge in [-0.15, -0.1) is 10.2 Å². The van der Waals surface area contributed by atoms with Gasteiger partial charge in [-0.25, -0.2) is 0 Å². The Morgan fingerprint density at radius 1 is 1.15 bits per heavy atom. The van der Waals surface area contributed by atoms with Crippen molar-refractivity contribution in [1.29, 1.82) is 0 Å². The first-order valence-electron chi connectivity index (χ1n) is 7.97. The minimum atomic E-state index is -0.269. The second kappa shape index (κ2) is 6.97. The van der Waals surface area contributed by atoms with Gasteiger partial charge in [0.1, 0.15) is 5.01 Å². The number of rotatable bonds is 4. The number of amides is 1. The monoisotopic (exact) mass is 365 g/mol. The van der Waals surface area contributed by atoms with E-state index in [1.165, 1.54) is 17.4 Å². The number of hydrogen-bond acceptors (Lipinski definition) is 6. The molecule has 3 aromatic rings. The molecule has 26 heavy (non-hydrogen) atoms. The fourth-order valence-corrected chi connectivity index (χ4v) is 3.25. The van der Waals surface area contributed by atoms with Crippen LogP contribution in [0.4, 0.5) is 5.13 Å². The van der Waals surface area contributed by atoms with E-state index in [9.17, 15) is 4.79 Å². The van der Waals surface area contributed by atoms with Crippen LogP contribution in [0.5, 0.6) is 11.5 Å². The van der Waals surface area contributed by atoms with Crippen LogP contribution >= 0.6 is 11.3 Å². The highest BCUT2D eigenvalue weighted by Gasteiger charge is 2.12. The molecule has 1 aliphatic rings. The second-order valence-electron chi connectivity index (χ2n) is 5.72. The molecule has 1 N–H and O–H groups in total. The Kier molecular flexibility index (Phi) is 4.37. The van der Waals surface area contributed by atoms with Crippen molar-refractivity contribution in [3.05, 3.63) is 59.7 Å². The minimum Gasteiger partial charge on any atom is -0.454 e. The summed E-state index contributed by atoms with van der Waals surface area (Å²) in [4.78, 5) is 12.1. The standard InChI is InChI=1S/C19H15N3O3S/c1-12-3-2-4-14(9-12)18-21-22-19(26-18)20-17(23)8-6-13-5-7-15-16(10-13)25-11-24-15/h2-10H,11H2,1H3,(H,20,22,23)/b8-6-. The molecule has 4 rings (SSSR count). The van der Waals surface area contributed by atoms with E-state index in [-0.39, 0.29) is 12.7 Å². The molecule has 0 bridgehead atoms. The Bertz CT molecular complexity index is 997. The lowest BCUT2D eigenvalue weighted by atomic mass is 10.1. The van der Waals surface area contributed by atoms with Gasteiger partial charge in [-0.3, -0.25) is 10.1 Å². The molecular weight excluding hydrogens is 350 g/mol. The highest BCUT2D eigenvalue weighted by Crippen LogP contribution is 2.32. The maximum absolute atomic E-state index is 12.1. The summed E-state index contributed by atoms with van der Waals surface area (Å²) in [5, 5.41) is 12.1. The van der Waals surface area contributed by atoms with E-state index in [1.807, 2.05) is 49.4 Å². The molecule has 0 aliphatic carbocycles. The molecular formula is C19H15N3O3S. The number of fused-ring (bicyclic) bond motifs is 1. The summed E-state index contributed by atoms with van der Waals surface area (Å²) in [5.41, 5.74) is 2.98. The fourth-order valence-electron chi connectivity index (χ4n) is 2.50. The number of nitrogens with zero attached hydrogens (tertiary/aromatic N) is 2. The summed E-state index contributed by atoms with van der Waals surface area (Å²) >= 11 is 1.34. The van der Waals surface area contributed by atoms with Crippen LogP contribution in [0.2, 0.25) is 0 Å². The van der Waals surface area contributed by atoms with Gasteiger partial charge in [-0.1, -0.05) is 41.2 Å². The van der Waals surface area contributed by atoms with Gasteiger partial charge in [0.2, 0.25) is 17.8 Å². The molecule has 2 aromatic carbocycles. The molecule has 0 saturated heterocycles. The van der Waals surface area contributed by atoms with Gasteiger partial charge in [0, 0.05) is 11.6 Å². The molecule has 130 valence electrons. The number of anilines is 1. The van der Waals surface area contributed by atoms with Crippen molar-refractivity contribution in [3.63, 3.8) is 0 Å². The topological polar surface area (TPSA) is 73.3 Å². The number of aromatic nitrogens is 2. The third kappa shape index (κ3) is 3.57. The van der Waals surface area contributed by atoms with Gasteiger partial charge in [0.15, 0.2) is 11.5 Å². The van der Waals surface area contributed by atoms with Gasteiger partial charge in [0.25, 0.3) is 0 Å². The Balaban J connectivity index is 1.42. The van der Waals surface area contributed by atoms with Gasteiger partial charge in [-0.05, 0) is 36.8 Å². The van der Waals surface area contributed by atoms with E-state index < -0.39 is 0 Å². The lowest BCUT2D eigenvalue weighted by Crippen LogP contribution is -2.07. The summed E-state index contributed by atoms with van der Waals surface area (Å²) in [5.74, 6) is 1.12. The molecule has 2 heterocycles. The molecule has 7 heteroatoms. The molecule has 0 fully saturated rings. The average molecular weight is 365 g/mol. The van der Waals surface area contributed by atoms with Crippen molar-refractivity contribution in [2.75, 3.05) is 12.1 Å². The van der Waals surface area contributed by atoms with E-state index in [4.69, 9.17) is 9.47 Å². The number of ether oxygens (including phenoxy) is 2. The lowest BCUT2D eigenvalue weighted by molar-refractivity contribution is -0.111. The average Bonchev–Trinajstić information content (AvgIpc) is 3.28. The highest BCUT2D eigenvalue weighted by molar-refractivity contribution is 7.18. The quantitative estimate of drug-likeness (QED) is 0.710. The smallest absolute Gasteiger partial charge is 0.250 e. The molecule has 0 atom stereocenters. The van der Waals surface area contributed by atoms with E-state index in [0.29, 0.717) is 16.6 Å². The Morgan fingerprint density at radius 3 is 2.92 bits per heavy atom. The molecule has 0 spiro atoms. The molecule has 1 aliphatic heterocycles. The van der Waals surface area contributed by atoms with Crippen LogP contribution in [0.25, 0.3) is 16.6 Å². The Labute approximate surface area is 154 Å². The first-order chi connectivity index (χ1) is 12.7. The normalized spacial score (nSPS) is 12.5. The third-order valence-corrected chi connectivity index (χ3v) is 4.63. The lowest BCUT2D eigenvalue weighted by Gasteiger charge is -1.98. The van der Waals surface area contributed by atoms with Crippen LogP contribution in [-0.4, -0.2) is 22.9 Å². The SMILES string of the molecule is Cc1cccc(-c2nnc(NC(=O)/C=C\c3ccc4c(c3)OCO4)s2)c1. The number of benzene rings is 2. The predicted octanol–water partition coefficient (Wildman–Crippen LogP) is 3.89. The van der Waals surface area contributed by atoms with Gasteiger partial charge in [-0.2, -0.15) is 0 Å². The van der Waals surface area contributed by atoms with Crippen LogP contribution in [0.1, 0.15) is 11.1 Å². The molecule has 6 nitrogen and oxygen atoms in total. The van der Waals surface area contributed by atoms with Crippen molar-refractivity contribution in [1.82, 2.24) is 10.2 Å². The van der Waals surface area contributed by atoms with Crippen LogP contribution in [0.3, 0.4) is 0 Å². The number of aryl methyl sites for hydroxylation is 1. The van der Waals surface area contributed by atoms with E-state index in [2.05, 4.69) is 15.5 Å². The predicted molar refractivity (Wildman–Crippen MR) is 100 cm³/mol. The highest BCUT2D eigenvalue weighted by atomic mass is 32.1. The summed E-state index contributed by atoms with van der Waals surface area (Å²) < 4.78 is 10.6. The van der Waals surface area contributed by atoms with E-state index in [0.717, 1.165) is 21.7 Å². The van der Waals surface area contributed by atoms with Crippen molar-refractivity contribution in [2.45, 2.75) is 6.92 Å². The minimum absolute atomic E-state index is 0.226. The van der Waals surface area contributed by atoms with Crippen molar-refractivity contribution < 1.29 is 14.3 Å². The largest absolute Gasteiger partial charge is 0.454 e. The summed E-state index contributed by atoms with van der Waals surface area (Å²) in [6, 6.07) is 13.5. The Morgan fingerprint density at radius 2 is 2.04 bits per heavy atom. The number of carbonyl (C=O) groups is 1. The van der Waals surface area contributed by atoms with Crippen molar-refractivity contribution >= 4 is 28.5 Å². The third-order valence-electron chi connectivity index (χ3n) is 3.74. The zero-order chi connectivity index (χ0) is 17.9. The van der Waals surface area contributed by atoms with Gasteiger partial charge < -0.3 is 9.47 Å². The maximum Gasteiger partial charge on any atom is 0.250 e. The van der Waals surface area contributed by atoms with E-state index >= 15 is 0 Å². The van der Waals surface area contributed by atoms with Crippen LogP contribution < -0.4 is 14.8 Å². The zero-order valence-corrected chi connectivity index (χ0v) is 14.7. The van der Waals surface area contributed by atoms with Crippen LogP contribution in [0, 0.1) is 6.92 Å². The molecule has 0 radical (unpaired) electrons. The first-order valence-corrected chi connectivity index (χ1v) is 8.78. The number of nitrogens with one attached hydrogen (secondary N) is 1. The summed E-state index contributed by atoms with van der Waals surface area (Å²) in [6.45, 7) is 2.25. The van der Waals surface area contributed by atoms with Crippen molar-refractivity contribution in [3.8, 4) is 22.1 Å². The van der Waals surface area contributed by atoms with Crippen molar-refractivity contribution in [2.24, 2.45) is 0 Å². The number of hydrogen-bond donors (Lipinski definition) is 1. The molecule has 1 aromatic heterocycles. The molecule has 0 saturated carbocycles. The first kappa shape index (κ1) is 16.3. The van der Waals surface area contributed by atoms with Crippen LogP contribution in [-0.2, 0) is 4.79 Å². The fraction of sp³-hybridized carbons (Fsp3) is 0.105. The summed E-state index contributed by atoms with van der Waals surface area (Å²) in [7, 11) is 0. The molecule has 0 unspecified atom stereocenters. The van der Waals surface area contributed by atoms with Gasteiger partial charge in [0.05, 0.1) is 0 Å². The Hall–Kier alpha value is -3.19.